The van der Waals surface area contributed by atoms with Crippen LogP contribution in [0.1, 0.15) is 124 Å². The molecule has 18 heteroatoms. The number of carbonyl (C=O) groups excluding carboxylic acids is 3. The third-order valence-corrected chi connectivity index (χ3v) is 13.8. The van der Waals surface area contributed by atoms with Crippen LogP contribution in [0.5, 0.6) is 0 Å². The lowest BCUT2D eigenvalue weighted by molar-refractivity contribution is -0.156. The predicted molar refractivity (Wildman–Crippen MR) is 256 cm³/mol. The lowest BCUT2D eigenvalue weighted by Gasteiger charge is -2.37. The van der Waals surface area contributed by atoms with Gasteiger partial charge in [0.1, 0.15) is 33.4 Å². The summed E-state index contributed by atoms with van der Waals surface area (Å²) in [5.74, 6) is -0.990. The van der Waals surface area contributed by atoms with Crippen LogP contribution in [0.3, 0.4) is 0 Å². The SMILES string of the molecule is CCO[C@H](c1nc(Br)cs1)[C@H](NC(=O)OC(C)(C)C)C(=O)N1CCC[C@@H](C(=O)OCC(C)(C)Cc2c(-c3cccnc3[C@H](C)OC)n(CC)c3ccc(B4OC(C)(C)C(C)(C)O4)cc23)N1. The third-order valence-electron chi connectivity index (χ3n) is 12.2. The first-order valence-electron chi connectivity index (χ1n) is 22.4. The summed E-state index contributed by atoms with van der Waals surface area (Å²) in [7, 11) is 1.13. The molecule has 2 N–H and O–H groups in total. The van der Waals surface area contributed by atoms with Crippen molar-refractivity contribution in [1.29, 1.82) is 0 Å². The Labute approximate surface area is 396 Å². The first-order chi connectivity index (χ1) is 30.5. The Morgan fingerprint density at radius 3 is 2.42 bits per heavy atom. The first-order valence-corrected chi connectivity index (χ1v) is 24.1. The van der Waals surface area contributed by atoms with Gasteiger partial charge >= 0.3 is 19.2 Å². The average Bonchev–Trinajstić information content (AvgIpc) is 3.88. The minimum Gasteiger partial charge on any atom is -0.464 e. The van der Waals surface area contributed by atoms with E-state index in [4.69, 9.17) is 33.2 Å². The molecule has 2 saturated heterocycles. The van der Waals surface area contributed by atoms with Crippen molar-refractivity contribution in [1.82, 2.24) is 30.3 Å². The Bertz CT molecular complexity index is 2330. The molecule has 2 amide bonds. The molecule has 4 atom stereocenters. The zero-order chi connectivity index (χ0) is 47.6. The average molecular weight is 982 g/mol. The van der Waals surface area contributed by atoms with Gasteiger partial charge in [0.15, 0.2) is 0 Å². The molecule has 0 aliphatic carbocycles. The number of hydrazine groups is 1. The highest BCUT2D eigenvalue weighted by Crippen LogP contribution is 2.42. The number of benzene rings is 1. The van der Waals surface area contributed by atoms with E-state index in [0.717, 1.165) is 38.9 Å². The number of amides is 2. The molecule has 1 aromatic carbocycles. The van der Waals surface area contributed by atoms with Gasteiger partial charge in [-0.2, -0.15) is 0 Å². The normalized spacial score (nSPS) is 19.0. The van der Waals surface area contributed by atoms with Crippen molar-refractivity contribution < 1.29 is 42.6 Å². The van der Waals surface area contributed by atoms with E-state index in [1.165, 1.54) is 16.3 Å². The van der Waals surface area contributed by atoms with Gasteiger partial charge in [-0.3, -0.25) is 19.6 Å². The van der Waals surface area contributed by atoms with E-state index in [2.05, 4.69) is 81.3 Å². The summed E-state index contributed by atoms with van der Waals surface area (Å²) >= 11 is 4.69. The highest BCUT2D eigenvalue weighted by molar-refractivity contribution is 9.10. The van der Waals surface area contributed by atoms with E-state index >= 15 is 0 Å². The van der Waals surface area contributed by atoms with Crippen molar-refractivity contribution in [2.45, 2.75) is 150 Å². The minimum absolute atomic E-state index is 0.0929. The minimum atomic E-state index is -1.22. The van der Waals surface area contributed by atoms with Gasteiger partial charge in [0.2, 0.25) is 0 Å². The lowest BCUT2D eigenvalue weighted by atomic mass is 9.77. The molecule has 3 aromatic heterocycles. The number of esters is 1. The van der Waals surface area contributed by atoms with Gasteiger partial charge in [0.25, 0.3) is 5.91 Å². The number of pyridine rings is 1. The number of fused-ring (bicyclic) bond motifs is 1. The van der Waals surface area contributed by atoms with Gasteiger partial charge in [-0.25, -0.2) is 15.2 Å². The van der Waals surface area contributed by atoms with E-state index < -0.39 is 65.5 Å². The summed E-state index contributed by atoms with van der Waals surface area (Å²) in [4.78, 5) is 50.9. The second kappa shape index (κ2) is 20.1. The molecule has 0 unspecified atom stereocenters. The molecular formula is C47H66BBrN6O9S. The van der Waals surface area contributed by atoms with Crippen LogP contribution in [-0.4, -0.2) is 100 Å². The fraction of sp³-hybridized carbons (Fsp3) is 0.596. The van der Waals surface area contributed by atoms with Crippen LogP contribution in [0.2, 0.25) is 0 Å². The largest absolute Gasteiger partial charge is 0.494 e. The Balaban J connectivity index is 1.27. The standard InChI is InChI=1S/C47H66BBrN6O9S/c1-14-54-34-21-20-29(48-63-46(9,10)47(11,12)64-48)24-31(34)32(38(54)30-18-16-22-50-36(30)28(3)59-13)25-45(7,8)27-61-42(57)33-19-17-23-55(53-33)41(56)37(52-43(58)62-44(4,5)6)39(60-15-2)40-51-35(49)26-65-40/h16,18,20-22,24,26,28,33,37,39,53H,14-15,17,19,23,25,27H2,1-13H3,(H,52,58)/t28-,33-,37-,39-/m0/s1. The van der Waals surface area contributed by atoms with E-state index in [9.17, 15) is 14.4 Å². The van der Waals surface area contributed by atoms with E-state index in [0.29, 0.717) is 35.4 Å². The monoisotopic (exact) mass is 980 g/mol. The number of halogens is 1. The Kier molecular flexibility index (Phi) is 15.6. The van der Waals surface area contributed by atoms with Crippen LogP contribution in [0, 0.1) is 5.41 Å². The zero-order valence-electron chi connectivity index (χ0n) is 40.1. The summed E-state index contributed by atoms with van der Waals surface area (Å²) < 4.78 is 39.5. The molecule has 65 heavy (non-hydrogen) atoms. The second-order valence-electron chi connectivity index (χ2n) is 19.5. The topological polar surface area (TPSA) is 165 Å². The van der Waals surface area contributed by atoms with Crippen LogP contribution in [0.4, 0.5) is 4.79 Å². The van der Waals surface area contributed by atoms with Crippen LogP contribution < -0.4 is 16.2 Å². The number of nitrogens with one attached hydrogen (secondary N) is 2. The molecule has 2 aliphatic rings. The molecule has 0 spiro atoms. The number of thiazole rings is 1. The van der Waals surface area contributed by atoms with Gasteiger partial charge in [-0.05, 0) is 134 Å². The number of nitrogens with zero attached hydrogens (tertiary/aromatic N) is 4. The summed E-state index contributed by atoms with van der Waals surface area (Å²) in [5.41, 5.74) is 6.56. The Morgan fingerprint density at radius 1 is 1.09 bits per heavy atom. The van der Waals surface area contributed by atoms with Gasteiger partial charge < -0.3 is 38.1 Å². The van der Waals surface area contributed by atoms with Crippen LogP contribution in [0.25, 0.3) is 22.2 Å². The molecular weight excluding hydrogens is 915 g/mol. The number of alkyl carbamates (subject to hydrolysis) is 1. The number of carbonyl (C=O) groups is 3. The number of methoxy groups -OCH3 is 1. The Hall–Kier alpha value is -3.91. The Morgan fingerprint density at radius 2 is 1.80 bits per heavy atom. The predicted octanol–water partition coefficient (Wildman–Crippen LogP) is 8.23. The molecule has 15 nitrogen and oxygen atoms in total. The highest BCUT2D eigenvalue weighted by atomic mass is 79.9. The smallest absolute Gasteiger partial charge is 0.464 e. The maximum absolute atomic E-state index is 14.4. The molecule has 2 aliphatic heterocycles. The number of rotatable bonds is 16. The van der Waals surface area contributed by atoms with Crippen molar-refractivity contribution >= 4 is 68.7 Å². The second-order valence-corrected chi connectivity index (χ2v) is 21.2. The molecule has 0 saturated carbocycles. The van der Waals surface area contributed by atoms with Crippen LogP contribution in [-0.2, 0) is 50.8 Å². The van der Waals surface area contributed by atoms with Gasteiger partial charge in [-0.15, -0.1) is 11.3 Å². The highest BCUT2D eigenvalue weighted by Gasteiger charge is 2.52. The molecule has 5 heterocycles. The van der Waals surface area contributed by atoms with Gasteiger partial charge in [0.05, 0.1) is 35.3 Å². The van der Waals surface area contributed by atoms with Crippen molar-refractivity contribution in [2.75, 3.05) is 26.9 Å². The number of ether oxygens (including phenoxy) is 4. The molecule has 4 aromatic rings. The van der Waals surface area contributed by atoms with Crippen LogP contribution >= 0.6 is 27.3 Å². The summed E-state index contributed by atoms with van der Waals surface area (Å²) in [6.45, 7) is 24.8. The van der Waals surface area contributed by atoms with E-state index in [1.807, 2.05) is 40.7 Å². The number of hydrogen-bond acceptors (Lipinski definition) is 13. The summed E-state index contributed by atoms with van der Waals surface area (Å²) in [5, 5.41) is 7.42. The molecule has 354 valence electrons. The number of hydrogen-bond donors (Lipinski definition) is 2. The fourth-order valence-corrected chi connectivity index (χ4v) is 9.55. The summed E-state index contributed by atoms with van der Waals surface area (Å²) in [6, 6.07) is 8.38. The van der Waals surface area contributed by atoms with E-state index in [1.54, 1.807) is 46.4 Å². The summed E-state index contributed by atoms with van der Waals surface area (Å²) in [6.07, 6.45) is 1.30. The van der Waals surface area contributed by atoms with Crippen LogP contribution in [0.15, 0.2) is 46.5 Å². The molecule has 2 fully saturated rings. The fourth-order valence-electron chi connectivity index (χ4n) is 8.20. The van der Waals surface area contributed by atoms with Crippen molar-refractivity contribution in [3.05, 3.63) is 62.8 Å². The third kappa shape index (κ3) is 11.4. The van der Waals surface area contributed by atoms with Crippen molar-refractivity contribution in [3.8, 4) is 11.3 Å². The van der Waals surface area contributed by atoms with E-state index in [-0.39, 0.29) is 25.9 Å². The molecule has 0 bridgehead atoms. The zero-order valence-corrected chi connectivity index (χ0v) is 42.5. The van der Waals surface area contributed by atoms with Gasteiger partial charge in [0, 0.05) is 60.3 Å². The lowest BCUT2D eigenvalue weighted by Crippen LogP contribution is -2.61. The molecule has 6 rings (SSSR count). The molecule has 0 radical (unpaired) electrons. The van der Waals surface area contributed by atoms with Gasteiger partial charge in [-0.1, -0.05) is 26.0 Å². The number of aromatic nitrogens is 3. The number of aryl methyl sites for hydroxylation is 1. The van der Waals surface area contributed by atoms with Crippen molar-refractivity contribution in [2.24, 2.45) is 5.41 Å². The maximum Gasteiger partial charge on any atom is 0.494 e. The quantitative estimate of drug-likeness (QED) is 0.0818. The first kappa shape index (κ1) is 50.5. The maximum atomic E-state index is 14.4. The van der Waals surface area contributed by atoms with Crippen molar-refractivity contribution in [3.63, 3.8) is 0 Å².